The minimum atomic E-state index is -0.757. The number of rotatable bonds is 9. The van der Waals surface area contributed by atoms with Gasteiger partial charge in [-0.2, -0.15) is 5.10 Å². The van der Waals surface area contributed by atoms with Crippen molar-refractivity contribution < 1.29 is 28.6 Å². The summed E-state index contributed by atoms with van der Waals surface area (Å²) in [5.41, 5.74) is 5.93. The normalized spacial score (nSPS) is 26.3. The van der Waals surface area contributed by atoms with E-state index in [9.17, 15) is 14.4 Å². The Bertz CT molecular complexity index is 1110. The van der Waals surface area contributed by atoms with Crippen molar-refractivity contribution in [2.75, 3.05) is 13.7 Å². The van der Waals surface area contributed by atoms with Crippen LogP contribution in [0.5, 0.6) is 5.88 Å². The predicted octanol–water partition coefficient (Wildman–Crippen LogP) is 2.83. The monoisotopic (exact) mass is 501 g/mol. The van der Waals surface area contributed by atoms with E-state index >= 15 is 0 Å². The number of aromatic nitrogens is 2. The molecule has 0 aliphatic heterocycles. The summed E-state index contributed by atoms with van der Waals surface area (Å²) in [6, 6.07) is 0.00179. The number of allylic oxidation sites excluding steroid dienone is 1. The van der Waals surface area contributed by atoms with E-state index in [2.05, 4.69) is 26.5 Å². The van der Waals surface area contributed by atoms with Gasteiger partial charge in [0.15, 0.2) is 0 Å². The number of nitrogens with one attached hydrogen (secondary N) is 2. The number of fused-ring (bicyclic) bond motifs is 1. The van der Waals surface area contributed by atoms with Gasteiger partial charge < -0.3 is 30.6 Å². The first-order chi connectivity index (χ1) is 16.9. The van der Waals surface area contributed by atoms with Crippen molar-refractivity contribution in [2.24, 2.45) is 23.0 Å². The summed E-state index contributed by atoms with van der Waals surface area (Å²) in [5.74, 6) is 0.565. The number of alkyl carbamates (subject to hydrolysis) is 1. The number of ether oxygens (including phenoxy) is 3. The van der Waals surface area contributed by atoms with Gasteiger partial charge in [0.25, 0.3) is 5.91 Å². The van der Waals surface area contributed by atoms with Gasteiger partial charge in [-0.25, -0.2) is 14.3 Å². The van der Waals surface area contributed by atoms with Gasteiger partial charge in [-0.05, 0) is 59.0 Å². The zero-order valence-corrected chi connectivity index (χ0v) is 21.4. The molecule has 2 fully saturated rings. The zero-order valence-electron chi connectivity index (χ0n) is 21.4. The summed E-state index contributed by atoms with van der Waals surface area (Å²) in [4.78, 5) is 36.1. The van der Waals surface area contributed by atoms with E-state index in [4.69, 9.17) is 15.2 Å². The molecule has 1 heterocycles. The predicted molar refractivity (Wildman–Crippen MR) is 131 cm³/mol. The molecular weight excluding hydrogens is 466 g/mol. The van der Waals surface area contributed by atoms with Crippen molar-refractivity contribution >= 4 is 24.3 Å². The zero-order chi connectivity index (χ0) is 26.3. The van der Waals surface area contributed by atoms with Crippen LogP contribution in [0.3, 0.4) is 0 Å². The number of primary amides is 1. The molecule has 2 unspecified atom stereocenters. The first-order valence-corrected chi connectivity index (χ1v) is 12.2. The fourth-order valence-corrected chi connectivity index (χ4v) is 5.69. The van der Waals surface area contributed by atoms with E-state index in [1.807, 2.05) is 13.8 Å². The lowest BCUT2D eigenvalue weighted by Gasteiger charge is -2.63. The molecule has 11 nitrogen and oxygen atoms in total. The molecule has 1 aromatic rings. The molecule has 4 aliphatic carbocycles. The topological polar surface area (TPSA) is 147 Å². The quantitative estimate of drug-likeness (QED) is 0.441. The van der Waals surface area contributed by atoms with Crippen molar-refractivity contribution in [3.05, 3.63) is 29.5 Å². The molecule has 2 saturated carbocycles. The SMILES string of the molecule is COC(=O)NC(C)(C)/C=C/n1ncc(C(=O)N[C@@H]2C3CC=C4C2C[C@@]4(COC(N)=O)C3)c1OC(C)C. The third kappa shape index (κ3) is 4.91. The van der Waals surface area contributed by atoms with Crippen molar-refractivity contribution in [1.29, 1.82) is 0 Å². The molecule has 4 atom stereocenters. The maximum absolute atomic E-state index is 13.4. The van der Waals surface area contributed by atoms with Gasteiger partial charge >= 0.3 is 12.2 Å². The number of hydrogen-bond acceptors (Lipinski definition) is 7. The highest BCUT2D eigenvalue weighted by Crippen LogP contribution is 2.65. The van der Waals surface area contributed by atoms with E-state index in [-0.39, 0.29) is 35.3 Å². The van der Waals surface area contributed by atoms with Crippen molar-refractivity contribution in [3.8, 4) is 5.88 Å². The van der Waals surface area contributed by atoms with Crippen LogP contribution in [0.25, 0.3) is 6.20 Å². The second kappa shape index (κ2) is 9.51. The molecule has 11 heteroatoms. The lowest BCUT2D eigenvalue weighted by Crippen LogP contribution is -2.64. The third-order valence-corrected chi connectivity index (χ3v) is 7.23. The van der Waals surface area contributed by atoms with E-state index in [1.165, 1.54) is 23.6 Å². The van der Waals surface area contributed by atoms with E-state index in [0.717, 1.165) is 19.3 Å². The molecule has 0 aromatic carbocycles. The average molecular weight is 502 g/mol. The standard InChI is InChI=1S/C25H35N5O6/c1-14(2)36-21-17(12-27-30(21)9-8-24(3,4)29-23(33)34-5)20(31)28-19-15-6-7-18-16(19)11-25(18,10-15)13-35-22(26)32/h7-9,12,14-16,19H,6,10-11,13H2,1-5H3,(H2,26,32)(H,28,31)(H,29,33)/b9-8+/t15?,16?,19-,25-/m1/s1. The fraction of sp³-hybridized carbons (Fsp3) is 0.600. The van der Waals surface area contributed by atoms with Gasteiger partial charge in [0.2, 0.25) is 5.88 Å². The number of carbonyl (C=O) groups is 3. The lowest BCUT2D eigenvalue weighted by molar-refractivity contribution is -0.0424. The molecule has 3 amide bonds. The maximum atomic E-state index is 13.4. The Morgan fingerprint density at radius 2 is 2.08 bits per heavy atom. The van der Waals surface area contributed by atoms with Crippen LogP contribution in [-0.2, 0) is 9.47 Å². The number of nitrogens with zero attached hydrogens (tertiary/aromatic N) is 2. The smallest absolute Gasteiger partial charge is 0.407 e. The van der Waals surface area contributed by atoms with Gasteiger partial charge in [0, 0.05) is 23.6 Å². The van der Waals surface area contributed by atoms with Gasteiger partial charge in [0.05, 0.1) is 24.9 Å². The number of hydrogen-bond donors (Lipinski definition) is 3. The summed E-state index contributed by atoms with van der Waals surface area (Å²) in [6.07, 6.45) is 8.21. The molecule has 1 aromatic heterocycles. The lowest BCUT2D eigenvalue weighted by atomic mass is 9.43. The summed E-state index contributed by atoms with van der Waals surface area (Å²) in [5, 5.41) is 10.3. The fourth-order valence-electron chi connectivity index (χ4n) is 5.69. The van der Waals surface area contributed by atoms with Crippen LogP contribution in [0.1, 0.15) is 57.3 Å². The first kappa shape index (κ1) is 25.6. The molecular formula is C25H35N5O6. The number of carbonyl (C=O) groups excluding carboxylic acids is 3. The molecule has 196 valence electrons. The van der Waals surface area contributed by atoms with Crippen molar-refractivity contribution in [2.45, 2.75) is 64.6 Å². The van der Waals surface area contributed by atoms with E-state index < -0.39 is 17.7 Å². The highest BCUT2D eigenvalue weighted by atomic mass is 16.5. The Morgan fingerprint density at radius 1 is 1.33 bits per heavy atom. The Labute approximate surface area is 210 Å². The van der Waals surface area contributed by atoms with Crippen LogP contribution in [0.2, 0.25) is 0 Å². The van der Waals surface area contributed by atoms with Gasteiger partial charge in [-0.3, -0.25) is 4.79 Å². The van der Waals surface area contributed by atoms with Crippen LogP contribution in [0, 0.1) is 17.3 Å². The molecule has 0 radical (unpaired) electrons. The van der Waals surface area contributed by atoms with Crippen LogP contribution in [0.15, 0.2) is 23.9 Å². The Hall–Kier alpha value is -3.50. The number of nitrogens with two attached hydrogens (primary N) is 1. The Kier molecular flexibility index (Phi) is 6.76. The third-order valence-electron chi connectivity index (χ3n) is 7.23. The van der Waals surface area contributed by atoms with E-state index in [1.54, 1.807) is 26.1 Å². The molecule has 0 saturated heterocycles. The van der Waals surface area contributed by atoms with Crippen molar-refractivity contribution in [1.82, 2.24) is 20.4 Å². The van der Waals surface area contributed by atoms with Crippen LogP contribution in [0.4, 0.5) is 9.59 Å². The molecule has 4 N–H and O–H groups in total. The summed E-state index contributed by atoms with van der Waals surface area (Å²) in [6.45, 7) is 7.66. The minimum absolute atomic E-state index is 0.00179. The minimum Gasteiger partial charge on any atom is -0.474 e. The van der Waals surface area contributed by atoms with Crippen molar-refractivity contribution in [3.63, 3.8) is 0 Å². The summed E-state index contributed by atoms with van der Waals surface area (Å²) < 4.78 is 17.3. The molecule has 5 rings (SSSR count). The first-order valence-electron chi connectivity index (χ1n) is 12.2. The van der Waals surface area contributed by atoms with Gasteiger partial charge in [0.1, 0.15) is 12.2 Å². The van der Waals surface area contributed by atoms with Gasteiger partial charge in [-0.15, -0.1) is 0 Å². The Balaban J connectivity index is 1.49. The van der Waals surface area contributed by atoms with Crippen LogP contribution < -0.4 is 21.1 Å². The highest BCUT2D eigenvalue weighted by Gasteiger charge is 2.61. The second-order valence-corrected chi connectivity index (χ2v) is 10.7. The highest BCUT2D eigenvalue weighted by molar-refractivity contribution is 5.96. The number of methoxy groups -OCH3 is 1. The number of amides is 3. The van der Waals surface area contributed by atoms with Crippen LogP contribution in [-0.4, -0.2) is 59.3 Å². The van der Waals surface area contributed by atoms with E-state index in [0.29, 0.717) is 18.1 Å². The van der Waals surface area contributed by atoms with Crippen LogP contribution >= 0.6 is 0 Å². The molecule has 4 aliphatic rings. The largest absolute Gasteiger partial charge is 0.474 e. The molecule has 0 spiro atoms. The summed E-state index contributed by atoms with van der Waals surface area (Å²) in [7, 11) is 1.30. The second-order valence-electron chi connectivity index (χ2n) is 10.7. The van der Waals surface area contributed by atoms with Gasteiger partial charge in [-0.1, -0.05) is 11.6 Å². The molecule has 4 bridgehead atoms. The Morgan fingerprint density at radius 3 is 2.69 bits per heavy atom. The average Bonchev–Trinajstić information content (AvgIpc) is 3.18. The molecule has 36 heavy (non-hydrogen) atoms. The maximum Gasteiger partial charge on any atom is 0.407 e. The summed E-state index contributed by atoms with van der Waals surface area (Å²) >= 11 is 0.